The van der Waals surface area contributed by atoms with Gasteiger partial charge >= 0.3 is 0 Å². The Hall–Kier alpha value is -1.41. The molecular weight excluding hydrogens is 236 g/mol. The van der Waals surface area contributed by atoms with Crippen LogP contribution in [0.2, 0.25) is 19.6 Å². The van der Waals surface area contributed by atoms with Crippen molar-refractivity contribution in [2.24, 2.45) is 0 Å². The van der Waals surface area contributed by atoms with Crippen LogP contribution in [0.4, 0.5) is 0 Å². The Labute approximate surface area is 110 Å². The van der Waals surface area contributed by atoms with Crippen molar-refractivity contribution in [3.05, 3.63) is 58.8 Å². The molecule has 0 saturated heterocycles. The van der Waals surface area contributed by atoms with E-state index in [-0.39, 0.29) is 5.78 Å². The zero-order valence-corrected chi connectivity index (χ0v) is 12.4. The summed E-state index contributed by atoms with van der Waals surface area (Å²) in [7, 11) is -1.41. The molecule has 0 heterocycles. The SMILES string of the molecule is C[Si](C)(C)C1=C(C(=O)c2ccccc2)CC=CC1. The van der Waals surface area contributed by atoms with Gasteiger partial charge < -0.3 is 0 Å². The van der Waals surface area contributed by atoms with Crippen LogP contribution in [0, 0.1) is 0 Å². The Morgan fingerprint density at radius 3 is 2.22 bits per heavy atom. The van der Waals surface area contributed by atoms with E-state index in [9.17, 15) is 4.79 Å². The van der Waals surface area contributed by atoms with Crippen molar-refractivity contribution in [2.75, 3.05) is 0 Å². The van der Waals surface area contributed by atoms with E-state index in [0.717, 1.165) is 24.0 Å². The predicted octanol–water partition coefficient (Wildman–Crippen LogP) is 4.39. The first-order chi connectivity index (χ1) is 8.50. The third kappa shape index (κ3) is 2.70. The first-order valence-electron chi connectivity index (χ1n) is 6.47. The molecular formula is C16H20OSi. The molecule has 1 aromatic rings. The highest BCUT2D eigenvalue weighted by atomic mass is 28.3. The van der Waals surface area contributed by atoms with Crippen molar-refractivity contribution >= 4 is 13.9 Å². The van der Waals surface area contributed by atoms with Crippen molar-refractivity contribution in [2.45, 2.75) is 32.5 Å². The maximum Gasteiger partial charge on any atom is 0.188 e. The van der Waals surface area contributed by atoms with E-state index in [4.69, 9.17) is 0 Å². The third-order valence-corrected chi connectivity index (χ3v) is 5.71. The molecule has 0 unspecified atom stereocenters. The average molecular weight is 256 g/mol. The molecule has 0 saturated carbocycles. The maximum atomic E-state index is 12.6. The monoisotopic (exact) mass is 256 g/mol. The van der Waals surface area contributed by atoms with Gasteiger partial charge in [-0.2, -0.15) is 0 Å². The standard InChI is InChI=1S/C16H20OSi/c1-18(2,3)15-12-8-7-11-14(15)16(17)13-9-5-4-6-10-13/h4-10H,11-12H2,1-3H3. The number of ketones is 1. The van der Waals surface area contributed by atoms with Crippen LogP contribution in [0.1, 0.15) is 23.2 Å². The van der Waals surface area contributed by atoms with Crippen LogP contribution >= 0.6 is 0 Å². The van der Waals surface area contributed by atoms with Crippen LogP contribution in [-0.2, 0) is 0 Å². The quantitative estimate of drug-likeness (QED) is 0.445. The van der Waals surface area contributed by atoms with E-state index in [1.54, 1.807) is 0 Å². The highest BCUT2D eigenvalue weighted by Gasteiger charge is 2.27. The van der Waals surface area contributed by atoms with Gasteiger partial charge in [-0.15, -0.1) is 0 Å². The zero-order valence-electron chi connectivity index (χ0n) is 11.4. The summed E-state index contributed by atoms with van der Waals surface area (Å²) in [5.74, 6) is 0.220. The molecule has 0 aromatic heterocycles. The summed E-state index contributed by atoms with van der Waals surface area (Å²) >= 11 is 0. The predicted molar refractivity (Wildman–Crippen MR) is 79.5 cm³/mol. The highest BCUT2D eigenvalue weighted by molar-refractivity contribution is 6.83. The van der Waals surface area contributed by atoms with Crippen molar-refractivity contribution in [3.8, 4) is 0 Å². The molecule has 1 aliphatic rings. The van der Waals surface area contributed by atoms with Gasteiger partial charge in [-0.25, -0.2) is 0 Å². The fourth-order valence-electron chi connectivity index (χ4n) is 2.40. The molecule has 18 heavy (non-hydrogen) atoms. The van der Waals surface area contributed by atoms with E-state index in [2.05, 4.69) is 31.8 Å². The minimum atomic E-state index is -1.41. The van der Waals surface area contributed by atoms with Gasteiger partial charge in [0.1, 0.15) is 0 Å². The molecule has 0 atom stereocenters. The number of allylic oxidation sites excluding steroid dienone is 4. The molecule has 0 amide bonds. The number of rotatable bonds is 3. The molecule has 0 aliphatic heterocycles. The van der Waals surface area contributed by atoms with Gasteiger partial charge in [0.25, 0.3) is 0 Å². The Morgan fingerprint density at radius 2 is 1.61 bits per heavy atom. The number of Topliss-reactive ketones (excluding diaryl/α,β-unsaturated/α-hetero) is 1. The smallest absolute Gasteiger partial charge is 0.188 e. The van der Waals surface area contributed by atoms with Gasteiger partial charge in [0, 0.05) is 5.56 Å². The highest BCUT2D eigenvalue weighted by Crippen LogP contribution is 2.30. The molecule has 94 valence electrons. The molecule has 0 fully saturated rings. The maximum absolute atomic E-state index is 12.6. The number of carbonyl (C=O) groups is 1. The van der Waals surface area contributed by atoms with Crippen LogP contribution in [0.25, 0.3) is 0 Å². The van der Waals surface area contributed by atoms with Gasteiger partial charge in [-0.3, -0.25) is 4.79 Å². The van der Waals surface area contributed by atoms with Crippen molar-refractivity contribution in [3.63, 3.8) is 0 Å². The van der Waals surface area contributed by atoms with E-state index >= 15 is 0 Å². The zero-order chi connectivity index (χ0) is 13.2. The fraction of sp³-hybridized carbons (Fsp3) is 0.312. The summed E-state index contributed by atoms with van der Waals surface area (Å²) in [6.45, 7) is 6.96. The molecule has 0 bridgehead atoms. The van der Waals surface area contributed by atoms with Crippen molar-refractivity contribution in [1.29, 1.82) is 0 Å². The topological polar surface area (TPSA) is 17.1 Å². The molecule has 0 N–H and O–H groups in total. The lowest BCUT2D eigenvalue weighted by Gasteiger charge is -2.26. The summed E-state index contributed by atoms with van der Waals surface area (Å²) in [4.78, 5) is 12.6. The van der Waals surface area contributed by atoms with Gasteiger partial charge in [0.2, 0.25) is 0 Å². The molecule has 1 nitrogen and oxygen atoms in total. The summed E-state index contributed by atoms with van der Waals surface area (Å²) in [5, 5.41) is 1.42. The van der Waals surface area contributed by atoms with Crippen LogP contribution < -0.4 is 0 Å². The second kappa shape index (κ2) is 5.07. The summed E-state index contributed by atoms with van der Waals surface area (Å²) in [6.07, 6.45) is 6.09. The number of carbonyl (C=O) groups excluding carboxylic acids is 1. The normalized spacial score (nSPS) is 15.9. The largest absolute Gasteiger partial charge is 0.289 e. The summed E-state index contributed by atoms with van der Waals surface area (Å²) in [5.41, 5.74) is 1.86. The van der Waals surface area contributed by atoms with Gasteiger partial charge in [0.05, 0.1) is 8.07 Å². The van der Waals surface area contributed by atoms with E-state index in [1.165, 1.54) is 5.20 Å². The fourth-order valence-corrected chi connectivity index (χ4v) is 4.25. The number of hydrogen-bond acceptors (Lipinski definition) is 1. The Kier molecular flexibility index (Phi) is 3.67. The van der Waals surface area contributed by atoms with E-state index in [0.29, 0.717) is 0 Å². The first kappa shape index (κ1) is 13.0. The van der Waals surface area contributed by atoms with Crippen LogP contribution in [-0.4, -0.2) is 13.9 Å². The van der Waals surface area contributed by atoms with Crippen LogP contribution in [0.5, 0.6) is 0 Å². The van der Waals surface area contributed by atoms with Crippen LogP contribution in [0.15, 0.2) is 53.3 Å². The minimum Gasteiger partial charge on any atom is -0.289 e. The Balaban J connectivity index is 2.41. The number of benzene rings is 1. The van der Waals surface area contributed by atoms with E-state index < -0.39 is 8.07 Å². The van der Waals surface area contributed by atoms with E-state index in [1.807, 2.05) is 30.3 Å². The molecule has 0 spiro atoms. The van der Waals surface area contributed by atoms with Crippen molar-refractivity contribution < 1.29 is 4.79 Å². The Bertz CT molecular complexity index is 504. The van der Waals surface area contributed by atoms with Gasteiger partial charge in [-0.1, -0.05) is 67.3 Å². The van der Waals surface area contributed by atoms with Crippen molar-refractivity contribution in [1.82, 2.24) is 0 Å². The number of hydrogen-bond donors (Lipinski definition) is 0. The minimum absolute atomic E-state index is 0.220. The van der Waals surface area contributed by atoms with Crippen LogP contribution in [0.3, 0.4) is 0 Å². The lowest BCUT2D eigenvalue weighted by molar-refractivity contribution is 0.103. The van der Waals surface area contributed by atoms with Gasteiger partial charge in [0.15, 0.2) is 5.78 Å². The Morgan fingerprint density at radius 1 is 1.00 bits per heavy atom. The summed E-state index contributed by atoms with van der Waals surface area (Å²) < 4.78 is 0. The summed E-state index contributed by atoms with van der Waals surface area (Å²) in [6, 6.07) is 9.64. The lowest BCUT2D eigenvalue weighted by atomic mass is 9.96. The second-order valence-electron chi connectivity index (χ2n) is 5.78. The second-order valence-corrected chi connectivity index (χ2v) is 10.9. The molecule has 2 rings (SSSR count). The average Bonchev–Trinajstić information content (AvgIpc) is 2.38. The molecule has 0 radical (unpaired) electrons. The molecule has 1 aromatic carbocycles. The lowest BCUT2D eigenvalue weighted by Crippen LogP contribution is -2.28. The molecule has 1 aliphatic carbocycles. The van der Waals surface area contributed by atoms with Gasteiger partial charge in [-0.05, 0) is 18.4 Å². The third-order valence-electron chi connectivity index (χ3n) is 3.39. The first-order valence-corrected chi connectivity index (χ1v) is 9.97. The molecule has 2 heteroatoms.